The lowest BCUT2D eigenvalue weighted by atomic mass is 9.74. The van der Waals surface area contributed by atoms with Crippen LogP contribution in [0.5, 0.6) is 5.75 Å². The molecule has 1 atom stereocenters. The molecule has 166 valence electrons. The quantitative estimate of drug-likeness (QED) is 0.548. The number of thiophene rings is 1. The second-order valence-corrected chi connectivity index (χ2v) is 9.87. The maximum atomic E-state index is 14.2. The lowest BCUT2D eigenvalue weighted by molar-refractivity contribution is -0.271. The predicted molar refractivity (Wildman–Crippen MR) is 115 cm³/mol. The topological polar surface area (TPSA) is 51.5 Å². The fourth-order valence-corrected chi connectivity index (χ4v) is 5.43. The fraction of sp³-hybridized carbons (Fsp3) is 0.409. The lowest BCUT2D eigenvalue weighted by Gasteiger charge is -2.39. The summed E-state index contributed by atoms with van der Waals surface area (Å²) in [6.07, 6.45) is -3.65. The van der Waals surface area contributed by atoms with Crippen molar-refractivity contribution >= 4 is 33.2 Å². The van der Waals surface area contributed by atoms with Gasteiger partial charge in [0.25, 0.3) is 0 Å². The smallest absolute Gasteiger partial charge is 0.418 e. The van der Waals surface area contributed by atoms with E-state index in [9.17, 15) is 23.1 Å². The Hall–Kier alpha value is -2.03. The molecule has 4 nitrogen and oxygen atoms in total. The maximum absolute atomic E-state index is 14.2. The first-order valence-electron chi connectivity index (χ1n) is 9.73. The molecule has 2 aromatic heterocycles. The Labute approximate surface area is 185 Å². The average molecular weight is 472 g/mol. The molecule has 3 aromatic rings. The van der Waals surface area contributed by atoms with E-state index < -0.39 is 35.6 Å². The Bertz CT molecular complexity index is 1200. The Morgan fingerprint density at radius 2 is 2.00 bits per heavy atom. The number of aliphatic hydroxyl groups is 1. The molecule has 1 aliphatic heterocycles. The number of para-hydroxylation sites is 1. The predicted octanol–water partition coefficient (Wildman–Crippen LogP) is 5.31. The summed E-state index contributed by atoms with van der Waals surface area (Å²) in [7, 11) is 0. The number of aromatic nitrogens is 1. The Morgan fingerprint density at radius 3 is 2.71 bits per heavy atom. The lowest BCUT2D eigenvalue weighted by Crippen LogP contribution is -2.52. The number of halogens is 4. The van der Waals surface area contributed by atoms with Crippen molar-refractivity contribution in [2.24, 2.45) is 0 Å². The van der Waals surface area contributed by atoms with E-state index in [1.165, 1.54) is 4.57 Å². The van der Waals surface area contributed by atoms with Gasteiger partial charge in [-0.25, -0.2) is 0 Å². The van der Waals surface area contributed by atoms with E-state index in [1.54, 1.807) is 37.4 Å². The minimum absolute atomic E-state index is 0.187. The zero-order chi connectivity index (χ0) is 22.6. The second kappa shape index (κ2) is 7.53. The largest absolute Gasteiger partial charge is 0.493 e. The molecule has 1 aromatic carbocycles. The highest BCUT2D eigenvalue weighted by Gasteiger charge is 2.56. The molecule has 1 aliphatic rings. The number of hydrogen-bond acceptors (Lipinski definition) is 4. The average Bonchev–Trinajstić information content (AvgIpc) is 3.33. The van der Waals surface area contributed by atoms with Gasteiger partial charge in [-0.15, -0.1) is 11.3 Å². The van der Waals surface area contributed by atoms with E-state index in [1.807, 2.05) is 6.07 Å². The Balaban J connectivity index is 1.76. The molecule has 31 heavy (non-hydrogen) atoms. The van der Waals surface area contributed by atoms with Gasteiger partial charge in [-0.3, -0.25) is 4.79 Å². The van der Waals surface area contributed by atoms with Crippen molar-refractivity contribution in [3.8, 4) is 5.75 Å². The van der Waals surface area contributed by atoms with Crippen LogP contribution in [-0.4, -0.2) is 28.1 Å². The van der Waals surface area contributed by atoms with Crippen LogP contribution in [0.1, 0.15) is 31.4 Å². The Kier molecular flexibility index (Phi) is 5.39. The molecular weight excluding hydrogens is 451 g/mol. The summed E-state index contributed by atoms with van der Waals surface area (Å²) < 4.78 is 49.8. The minimum Gasteiger partial charge on any atom is -0.493 e. The zero-order valence-electron chi connectivity index (χ0n) is 16.9. The van der Waals surface area contributed by atoms with E-state index in [0.29, 0.717) is 29.9 Å². The zero-order valence-corrected chi connectivity index (χ0v) is 18.5. The number of ether oxygens (including phenoxy) is 1. The molecule has 0 saturated carbocycles. The molecule has 0 radical (unpaired) electrons. The van der Waals surface area contributed by atoms with E-state index in [2.05, 4.69) is 0 Å². The summed E-state index contributed by atoms with van der Waals surface area (Å²) in [6.45, 7) is 3.03. The third kappa shape index (κ3) is 3.85. The van der Waals surface area contributed by atoms with E-state index in [-0.39, 0.29) is 9.72 Å². The number of benzene rings is 1. The van der Waals surface area contributed by atoms with Crippen molar-refractivity contribution in [2.75, 3.05) is 6.61 Å². The summed E-state index contributed by atoms with van der Waals surface area (Å²) in [5, 5.41) is 12.4. The third-order valence-corrected chi connectivity index (χ3v) is 6.96. The number of nitrogens with zero attached hydrogens (tertiary/aromatic N) is 1. The monoisotopic (exact) mass is 471 g/mol. The van der Waals surface area contributed by atoms with Gasteiger partial charge >= 0.3 is 6.18 Å². The highest BCUT2D eigenvalue weighted by atomic mass is 35.5. The van der Waals surface area contributed by atoms with Crippen molar-refractivity contribution in [2.45, 2.75) is 50.4 Å². The summed E-state index contributed by atoms with van der Waals surface area (Å²) >= 11 is 7.08. The molecular formula is C22H21ClF3NO3S. The first-order chi connectivity index (χ1) is 14.4. The number of pyridine rings is 1. The number of rotatable bonds is 5. The maximum Gasteiger partial charge on any atom is 0.418 e. The highest BCUT2D eigenvalue weighted by Crippen LogP contribution is 2.46. The van der Waals surface area contributed by atoms with E-state index in [4.69, 9.17) is 16.3 Å². The van der Waals surface area contributed by atoms with Gasteiger partial charge in [0, 0.05) is 18.2 Å². The van der Waals surface area contributed by atoms with Crippen LogP contribution in [0.15, 0.2) is 40.6 Å². The van der Waals surface area contributed by atoms with Crippen LogP contribution in [0, 0.1) is 0 Å². The van der Waals surface area contributed by atoms with Gasteiger partial charge < -0.3 is 14.4 Å². The molecule has 0 aliphatic carbocycles. The van der Waals surface area contributed by atoms with Crippen molar-refractivity contribution < 1.29 is 23.0 Å². The van der Waals surface area contributed by atoms with Crippen LogP contribution in [0.25, 0.3) is 10.2 Å². The molecule has 0 saturated heterocycles. The third-order valence-electron chi connectivity index (χ3n) is 5.78. The number of alkyl halides is 3. The minimum atomic E-state index is -4.92. The summed E-state index contributed by atoms with van der Waals surface area (Å²) in [4.78, 5) is 12.2. The molecule has 0 spiro atoms. The first kappa shape index (κ1) is 22.2. The normalized spacial score (nSPS) is 16.2. The molecule has 3 heterocycles. The van der Waals surface area contributed by atoms with Crippen molar-refractivity contribution in [1.82, 2.24) is 4.57 Å². The van der Waals surface area contributed by atoms with Crippen LogP contribution >= 0.6 is 22.9 Å². The molecule has 9 heteroatoms. The molecule has 0 amide bonds. The van der Waals surface area contributed by atoms with Gasteiger partial charge in [0.15, 0.2) is 5.60 Å². The van der Waals surface area contributed by atoms with Gasteiger partial charge in [0.05, 0.1) is 23.4 Å². The standard InChI is InChI=1S/C22H21ClF3NO3S/c1-20(2,14-5-3-4-13-6-8-30-18(13)14)11-21(29,22(24,25)26)12-27-10-15(23)17(28)19-16(27)7-9-31-19/h3-5,7,9-10,29H,6,8,11-12H2,1-2H3. The van der Waals surface area contributed by atoms with Crippen LogP contribution in [0.4, 0.5) is 13.2 Å². The first-order valence-corrected chi connectivity index (χ1v) is 11.0. The number of hydrogen-bond donors (Lipinski definition) is 1. The van der Waals surface area contributed by atoms with Crippen molar-refractivity contribution in [3.63, 3.8) is 0 Å². The summed E-state index contributed by atoms with van der Waals surface area (Å²) in [5.74, 6) is 0.601. The van der Waals surface area contributed by atoms with Gasteiger partial charge in [-0.2, -0.15) is 13.2 Å². The molecule has 1 unspecified atom stereocenters. The van der Waals surface area contributed by atoms with E-state index in [0.717, 1.165) is 23.1 Å². The molecule has 4 rings (SSSR count). The highest BCUT2D eigenvalue weighted by molar-refractivity contribution is 7.17. The summed E-state index contributed by atoms with van der Waals surface area (Å²) in [5.41, 5.74) is -2.65. The van der Waals surface area contributed by atoms with Crippen LogP contribution in [-0.2, 0) is 18.4 Å². The SMILES string of the molecule is CC(C)(CC(O)(Cn1cc(Cl)c(=O)c2sccc21)C(F)(F)F)c1cccc2c1OCC2. The van der Waals surface area contributed by atoms with Gasteiger partial charge in [-0.05, 0) is 28.8 Å². The Morgan fingerprint density at radius 1 is 1.26 bits per heavy atom. The van der Waals surface area contributed by atoms with E-state index >= 15 is 0 Å². The molecule has 0 fully saturated rings. The molecule has 1 N–H and O–H groups in total. The fourth-order valence-electron chi connectivity index (χ4n) is 4.30. The van der Waals surface area contributed by atoms with Gasteiger partial charge in [0.1, 0.15) is 10.8 Å². The summed E-state index contributed by atoms with van der Waals surface area (Å²) in [6, 6.07) is 6.99. The second-order valence-electron chi connectivity index (χ2n) is 8.55. The van der Waals surface area contributed by atoms with Gasteiger partial charge in [-0.1, -0.05) is 43.6 Å². The van der Waals surface area contributed by atoms with Gasteiger partial charge in [0.2, 0.25) is 5.43 Å². The molecule has 0 bridgehead atoms. The van der Waals surface area contributed by atoms with Crippen LogP contribution in [0.3, 0.4) is 0 Å². The van der Waals surface area contributed by atoms with Crippen LogP contribution < -0.4 is 10.2 Å². The van der Waals surface area contributed by atoms with Crippen LogP contribution in [0.2, 0.25) is 5.02 Å². The van der Waals surface area contributed by atoms with Crippen molar-refractivity contribution in [1.29, 1.82) is 0 Å². The number of fused-ring (bicyclic) bond motifs is 2. The van der Waals surface area contributed by atoms with Crippen molar-refractivity contribution in [3.05, 3.63) is 62.2 Å².